The van der Waals surface area contributed by atoms with E-state index in [-0.39, 0.29) is 0 Å². The Morgan fingerprint density at radius 1 is 1.28 bits per heavy atom. The second-order valence-electron chi connectivity index (χ2n) is 5.36. The third-order valence-corrected chi connectivity index (χ3v) is 3.65. The summed E-state index contributed by atoms with van der Waals surface area (Å²) in [5.41, 5.74) is 0. The Morgan fingerprint density at radius 2 is 2.00 bits per heavy atom. The van der Waals surface area contributed by atoms with Gasteiger partial charge in [-0.1, -0.05) is 20.8 Å². The molecule has 0 aromatic carbocycles. The first kappa shape index (κ1) is 13.3. The van der Waals surface area contributed by atoms with Crippen LogP contribution in [0.3, 0.4) is 0 Å². The first-order chi connectivity index (χ1) is 8.66. The first-order valence-electron chi connectivity index (χ1n) is 6.84. The van der Waals surface area contributed by atoms with Gasteiger partial charge in [-0.25, -0.2) is 9.97 Å². The lowest BCUT2D eigenvalue weighted by Crippen LogP contribution is -2.28. The molecule has 2 rings (SSSR count). The molecule has 1 N–H and O–H groups in total. The van der Waals surface area contributed by atoms with Gasteiger partial charge in [-0.15, -0.1) is 0 Å². The molecule has 4 heteroatoms. The molecule has 1 aliphatic heterocycles. The highest BCUT2D eigenvalue weighted by molar-refractivity contribution is 5.34. The van der Waals surface area contributed by atoms with Crippen LogP contribution < -0.4 is 5.32 Å². The van der Waals surface area contributed by atoms with E-state index in [9.17, 15) is 0 Å². The quantitative estimate of drug-likeness (QED) is 0.891. The Morgan fingerprint density at radius 3 is 2.67 bits per heavy atom. The van der Waals surface area contributed by atoms with Crippen molar-refractivity contribution in [2.75, 3.05) is 18.5 Å². The average Bonchev–Trinajstić information content (AvgIpc) is 2.39. The third-order valence-electron chi connectivity index (χ3n) is 3.65. The highest BCUT2D eigenvalue weighted by Gasteiger charge is 2.16. The maximum absolute atomic E-state index is 5.36. The number of ether oxygens (including phenoxy) is 1. The van der Waals surface area contributed by atoms with Crippen LogP contribution in [-0.4, -0.2) is 29.2 Å². The molecule has 1 aromatic heterocycles. The molecule has 1 atom stereocenters. The van der Waals surface area contributed by atoms with Gasteiger partial charge in [0.05, 0.1) is 0 Å². The molecular weight excluding hydrogens is 226 g/mol. The third kappa shape index (κ3) is 3.42. The van der Waals surface area contributed by atoms with E-state index < -0.39 is 0 Å². The highest BCUT2D eigenvalue weighted by Crippen LogP contribution is 2.21. The van der Waals surface area contributed by atoms with Crippen molar-refractivity contribution in [3.05, 3.63) is 18.1 Å². The monoisotopic (exact) mass is 249 g/mol. The molecule has 0 spiro atoms. The summed E-state index contributed by atoms with van der Waals surface area (Å²) >= 11 is 0. The number of hydrogen-bond donors (Lipinski definition) is 1. The van der Waals surface area contributed by atoms with E-state index in [0.717, 1.165) is 37.7 Å². The maximum atomic E-state index is 5.36. The topological polar surface area (TPSA) is 47.0 Å². The number of nitrogens with zero attached hydrogens (tertiary/aromatic N) is 2. The molecule has 18 heavy (non-hydrogen) atoms. The minimum atomic E-state index is 0.390. The minimum Gasteiger partial charge on any atom is -0.381 e. The fourth-order valence-corrected chi connectivity index (χ4v) is 2.02. The molecule has 1 aromatic rings. The molecule has 0 bridgehead atoms. The molecule has 100 valence electrons. The van der Waals surface area contributed by atoms with Crippen LogP contribution in [0.1, 0.15) is 45.4 Å². The fraction of sp³-hybridized carbons (Fsp3) is 0.714. The Bertz CT molecular complexity index is 375. The molecule has 0 saturated carbocycles. The predicted molar refractivity (Wildman–Crippen MR) is 72.7 cm³/mol. The summed E-state index contributed by atoms with van der Waals surface area (Å²) in [6, 6.07) is 2.43. The number of anilines is 1. The predicted octanol–water partition coefficient (Wildman–Crippen LogP) is 2.83. The summed E-state index contributed by atoms with van der Waals surface area (Å²) in [5.74, 6) is 2.83. The Hall–Kier alpha value is -1.16. The van der Waals surface area contributed by atoms with E-state index in [2.05, 4.69) is 36.1 Å². The smallest absolute Gasteiger partial charge is 0.133 e. The van der Waals surface area contributed by atoms with Gasteiger partial charge in [0.25, 0.3) is 0 Å². The van der Waals surface area contributed by atoms with Crippen LogP contribution in [0.15, 0.2) is 12.3 Å². The van der Waals surface area contributed by atoms with Gasteiger partial charge in [0.15, 0.2) is 0 Å². The number of aromatic nitrogens is 2. The molecule has 0 aliphatic carbocycles. The zero-order valence-corrected chi connectivity index (χ0v) is 11.5. The molecule has 4 nitrogen and oxygen atoms in total. The standard InChI is InChI=1S/C14H23N3O/c1-10(2)11(3)14-15-7-4-13(17-14)16-12-5-8-18-9-6-12/h4,7,10-12H,5-6,8-9H2,1-3H3,(H,15,16,17). The van der Waals surface area contributed by atoms with Gasteiger partial charge in [-0.2, -0.15) is 0 Å². The van der Waals surface area contributed by atoms with E-state index in [4.69, 9.17) is 4.74 Å². The Labute approximate surface area is 109 Å². The zero-order valence-electron chi connectivity index (χ0n) is 11.5. The van der Waals surface area contributed by atoms with Crippen molar-refractivity contribution in [3.8, 4) is 0 Å². The van der Waals surface area contributed by atoms with E-state index >= 15 is 0 Å². The van der Waals surface area contributed by atoms with Crippen LogP contribution in [0.4, 0.5) is 5.82 Å². The summed E-state index contributed by atoms with van der Waals surface area (Å²) in [5, 5.41) is 3.48. The van der Waals surface area contributed by atoms with Crippen LogP contribution in [0.5, 0.6) is 0 Å². The Balaban J connectivity index is 2.02. The maximum Gasteiger partial charge on any atom is 0.133 e. The van der Waals surface area contributed by atoms with Crippen molar-refractivity contribution in [1.82, 2.24) is 9.97 Å². The van der Waals surface area contributed by atoms with Crippen LogP contribution in [0.2, 0.25) is 0 Å². The van der Waals surface area contributed by atoms with E-state index in [0.29, 0.717) is 17.9 Å². The largest absolute Gasteiger partial charge is 0.381 e. The second kappa shape index (κ2) is 6.14. The number of rotatable bonds is 4. The lowest BCUT2D eigenvalue weighted by Gasteiger charge is -2.24. The summed E-state index contributed by atoms with van der Waals surface area (Å²) in [6.07, 6.45) is 3.96. The lowest BCUT2D eigenvalue weighted by atomic mass is 9.97. The van der Waals surface area contributed by atoms with E-state index in [1.807, 2.05) is 12.3 Å². The number of nitrogens with one attached hydrogen (secondary N) is 1. The molecule has 0 amide bonds. The summed E-state index contributed by atoms with van der Waals surface area (Å²) < 4.78 is 5.36. The molecule has 1 aliphatic rings. The van der Waals surface area contributed by atoms with Gasteiger partial charge in [-0.3, -0.25) is 0 Å². The van der Waals surface area contributed by atoms with Gasteiger partial charge < -0.3 is 10.1 Å². The van der Waals surface area contributed by atoms with Crippen LogP contribution >= 0.6 is 0 Å². The van der Waals surface area contributed by atoms with Crippen molar-refractivity contribution in [2.45, 2.75) is 45.6 Å². The number of hydrogen-bond acceptors (Lipinski definition) is 4. The average molecular weight is 249 g/mol. The van der Waals surface area contributed by atoms with Crippen molar-refractivity contribution < 1.29 is 4.74 Å². The van der Waals surface area contributed by atoms with Gasteiger partial charge in [-0.05, 0) is 24.8 Å². The molecule has 1 unspecified atom stereocenters. The van der Waals surface area contributed by atoms with Crippen LogP contribution in [0.25, 0.3) is 0 Å². The van der Waals surface area contributed by atoms with Crippen molar-refractivity contribution >= 4 is 5.82 Å². The normalized spacial score (nSPS) is 18.9. The molecule has 1 fully saturated rings. The second-order valence-corrected chi connectivity index (χ2v) is 5.36. The van der Waals surface area contributed by atoms with Crippen molar-refractivity contribution in [3.63, 3.8) is 0 Å². The molecule has 1 saturated heterocycles. The Kier molecular flexibility index (Phi) is 4.53. The first-order valence-corrected chi connectivity index (χ1v) is 6.84. The lowest BCUT2D eigenvalue weighted by molar-refractivity contribution is 0.0904. The fourth-order valence-electron chi connectivity index (χ4n) is 2.02. The summed E-state index contributed by atoms with van der Waals surface area (Å²) in [6.45, 7) is 8.27. The minimum absolute atomic E-state index is 0.390. The van der Waals surface area contributed by atoms with Gasteiger partial charge >= 0.3 is 0 Å². The summed E-state index contributed by atoms with van der Waals surface area (Å²) in [4.78, 5) is 9.00. The molecule has 0 radical (unpaired) electrons. The van der Waals surface area contributed by atoms with E-state index in [1.165, 1.54) is 0 Å². The van der Waals surface area contributed by atoms with E-state index in [1.54, 1.807) is 0 Å². The SMILES string of the molecule is CC(C)C(C)c1nccc(NC2CCOCC2)n1. The van der Waals surface area contributed by atoms with Gasteiger partial charge in [0.1, 0.15) is 11.6 Å². The van der Waals surface area contributed by atoms with Crippen LogP contribution in [-0.2, 0) is 4.74 Å². The molecular formula is C14H23N3O. The van der Waals surface area contributed by atoms with Crippen molar-refractivity contribution in [1.29, 1.82) is 0 Å². The van der Waals surface area contributed by atoms with Crippen LogP contribution in [0, 0.1) is 5.92 Å². The zero-order chi connectivity index (χ0) is 13.0. The van der Waals surface area contributed by atoms with Gasteiger partial charge in [0, 0.05) is 31.4 Å². The molecule has 2 heterocycles. The van der Waals surface area contributed by atoms with Gasteiger partial charge in [0.2, 0.25) is 0 Å². The highest BCUT2D eigenvalue weighted by atomic mass is 16.5. The van der Waals surface area contributed by atoms with Crippen molar-refractivity contribution in [2.24, 2.45) is 5.92 Å². The summed E-state index contributed by atoms with van der Waals surface area (Å²) in [7, 11) is 0.